The third kappa shape index (κ3) is 3.57. The van der Waals surface area contributed by atoms with Crippen molar-refractivity contribution in [2.24, 2.45) is 0 Å². The molecule has 28 heavy (non-hydrogen) atoms. The first-order valence-corrected chi connectivity index (χ1v) is 8.98. The van der Waals surface area contributed by atoms with E-state index < -0.39 is 17.9 Å². The van der Waals surface area contributed by atoms with Crippen LogP contribution in [0.3, 0.4) is 0 Å². The Kier molecular flexibility index (Phi) is 4.77. The molecule has 1 aliphatic heterocycles. The number of likely N-dealkylation sites (tertiary alicyclic amines) is 1. The lowest BCUT2D eigenvalue weighted by Crippen LogP contribution is -2.51. The van der Waals surface area contributed by atoms with Gasteiger partial charge in [-0.15, -0.1) is 0 Å². The van der Waals surface area contributed by atoms with Crippen LogP contribution in [0.5, 0.6) is 0 Å². The Labute approximate surface area is 163 Å². The molecule has 0 atom stereocenters. The molecule has 0 saturated carbocycles. The number of nitrogens with one attached hydrogen (secondary N) is 1. The van der Waals surface area contributed by atoms with Crippen LogP contribution in [0.2, 0.25) is 5.02 Å². The van der Waals surface area contributed by atoms with Gasteiger partial charge in [-0.3, -0.25) is 9.59 Å². The minimum absolute atomic E-state index is 0.0653. The van der Waals surface area contributed by atoms with Crippen LogP contribution in [0.25, 0.3) is 11.0 Å². The number of fused-ring (bicyclic) bond motifs is 1. The maximum Gasteiger partial charge on any atom is 0.289 e. The zero-order chi connectivity index (χ0) is 19.8. The zero-order valence-electron chi connectivity index (χ0n) is 14.5. The number of anilines is 1. The van der Waals surface area contributed by atoms with Crippen LogP contribution < -0.4 is 5.32 Å². The first kappa shape index (κ1) is 18.4. The van der Waals surface area contributed by atoms with E-state index in [9.17, 15) is 18.4 Å². The molecule has 3 aromatic rings. The molecule has 1 N–H and O–H groups in total. The summed E-state index contributed by atoms with van der Waals surface area (Å²) in [4.78, 5) is 25.8. The molecule has 0 radical (unpaired) electrons. The Bertz CT molecular complexity index is 1060. The smallest absolute Gasteiger partial charge is 0.289 e. The molecule has 0 unspecified atom stereocenters. The van der Waals surface area contributed by atoms with Crippen molar-refractivity contribution < 1.29 is 22.8 Å². The highest BCUT2D eigenvalue weighted by Gasteiger charge is 2.32. The summed E-state index contributed by atoms with van der Waals surface area (Å²) in [5.74, 6) is -1.23. The first-order chi connectivity index (χ1) is 13.4. The molecule has 0 spiro atoms. The SMILES string of the molecule is O=C(Cc1c(F)cccc1Cl)Nc1ccc2oc(C(=O)N3CC(F)C3)cc2c1. The normalized spacial score (nSPS) is 14.2. The third-order valence-electron chi connectivity index (χ3n) is 4.53. The maximum absolute atomic E-state index is 13.8. The minimum atomic E-state index is -0.988. The average molecular weight is 405 g/mol. The fourth-order valence-corrected chi connectivity index (χ4v) is 3.27. The maximum atomic E-state index is 13.8. The van der Waals surface area contributed by atoms with E-state index >= 15 is 0 Å². The summed E-state index contributed by atoms with van der Waals surface area (Å²) in [5, 5.41) is 3.47. The molecule has 1 fully saturated rings. The van der Waals surface area contributed by atoms with E-state index in [0.29, 0.717) is 16.7 Å². The number of carbonyl (C=O) groups excluding carboxylic acids is 2. The zero-order valence-corrected chi connectivity index (χ0v) is 15.3. The summed E-state index contributed by atoms with van der Waals surface area (Å²) >= 11 is 5.95. The van der Waals surface area contributed by atoms with Crippen LogP contribution in [-0.2, 0) is 11.2 Å². The van der Waals surface area contributed by atoms with Gasteiger partial charge in [-0.2, -0.15) is 0 Å². The molecule has 0 bridgehead atoms. The topological polar surface area (TPSA) is 62.6 Å². The standard InChI is InChI=1S/C20H15ClF2N2O3/c21-15-2-1-3-16(23)14(15)8-19(26)24-13-4-5-17-11(6-13)7-18(28-17)20(27)25-9-12(22)10-25/h1-7,12H,8-10H2,(H,24,26). The summed E-state index contributed by atoms with van der Waals surface area (Å²) in [6.45, 7) is 0.131. The Hall–Kier alpha value is -2.93. The summed E-state index contributed by atoms with van der Waals surface area (Å²) in [6.07, 6.45) is -1.20. The lowest BCUT2D eigenvalue weighted by molar-refractivity contribution is -0.115. The number of nitrogens with zero attached hydrogens (tertiary/aromatic N) is 1. The quantitative estimate of drug-likeness (QED) is 0.708. The number of rotatable bonds is 4. The molecule has 0 aliphatic carbocycles. The molecule has 8 heteroatoms. The lowest BCUT2D eigenvalue weighted by atomic mass is 10.1. The number of hydrogen-bond donors (Lipinski definition) is 1. The molecular weight excluding hydrogens is 390 g/mol. The number of amides is 2. The first-order valence-electron chi connectivity index (χ1n) is 8.60. The van der Waals surface area contributed by atoms with Crippen molar-refractivity contribution in [3.8, 4) is 0 Å². The molecule has 2 heterocycles. The molecule has 5 nitrogen and oxygen atoms in total. The largest absolute Gasteiger partial charge is 0.451 e. The second kappa shape index (κ2) is 7.24. The summed E-state index contributed by atoms with van der Waals surface area (Å²) in [5.41, 5.74) is 1.06. The Morgan fingerprint density at radius 3 is 2.71 bits per heavy atom. The summed E-state index contributed by atoms with van der Waals surface area (Å²) in [6, 6.07) is 10.7. The van der Waals surface area contributed by atoms with Gasteiger partial charge in [0.15, 0.2) is 5.76 Å². The van der Waals surface area contributed by atoms with Gasteiger partial charge in [-0.05, 0) is 36.4 Å². The molecule has 2 amide bonds. The molecule has 144 valence electrons. The van der Waals surface area contributed by atoms with Crippen molar-refractivity contribution in [1.82, 2.24) is 4.90 Å². The van der Waals surface area contributed by atoms with Gasteiger partial charge in [0.1, 0.15) is 17.6 Å². The number of alkyl halides is 1. The van der Waals surface area contributed by atoms with E-state index in [2.05, 4.69) is 5.32 Å². The molecule has 1 saturated heterocycles. The van der Waals surface area contributed by atoms with Gasteiger partial charge in [0.05, 0.1) is 19.5 Å². The Morgan fingerprint density at radius 2 is 2.00 bits per heavy atom. The average Bonchev–Trinajstić information content (AvgIpc) is 3.05. The number of benzene rings is 2. The van der Waals surface area contributed by atoms with Crippen molar-refractivity contribution in [1.29, 1.82) is 0 Å². The van der Waals surface area contributed by atoms with E-state index in [1.165, 1.54) is 23.1 Å². The highest BCUT2D eigenvalue weighted by Crippen LogP contribution is 2.26. The van der Waals surface area contributed by atoms with E-state index in [4.69, 9.17) is 16.0 Å². The second-order valence-corrected chi connectivity index (χ2v) is 7.00. The molecule has 1 aromatic heterocycles. The van der Waals surface area contributed by atoms with E-state index in [1.54, 1.807) is 24.3 Å². The van der Waals surface area contributed by atoms with Gasteiger partial charge in [0.2, 0.25) is 5.91 Å². The summed E-state index contributed by atoms with van der Waals surface area (Å²) < 4.78 is 32.3. The predicted octanol–water partition coefficient (Wildman–Crippen LogP) is 4.20. The highest BCUT2D eigenvalue weighted by atomic mass is 35.5. The third-order valence-corrected chi connectivity index (χ3v) is 4.89. The van der Waals surface area contributed by atoms with Gasteiger partial charge in [0.25, 0.3) is 5.91 Å². The van der Waals surface area contributed by atoms with E-state index in [-0.39, 0.29) is 41.8 Å². The number of furan rings is 1. The van der Waals surface area contributed by atoms with Crippen molar-refractivity contribution in [3.05, 3.63) is 64.6 Å². The van der Waals surface area contributed by atoms with Gasteiger partial charge >= 0.3 is 0 Å². The number of hydrogen-bond acceptors (Lipinski definition) is 3. The van der Waals surface area contributed by atoms with Crippen LogP contribution >= 0.6 is 11.6 Å². The summed E-state index contributed by atoms with van der Waals surface area (Å²) in [7, 11) is 0. The Morgan fingerprint density at radius 1 is 1.21 bits per heavy atom. The van der Waals surface area contributed by atoms with Gasteiger partial charge in [-0.1, -0.05) is 17.7 Å². The fraction of sp³-hybridized carbons (Fsp3) is 0.200. The van der Waals surface area contributed by atoms with Crippen LogP contribution in [0, 0.1) is 5.82 Å². The van der Waals surface area contributed by atoms with Crippen LogP contribution in [-0.4, -0.2) is 36.0 Å². The van der Waals surface area contributed by atoms with Crippen molar-refractivity contribution in [2.75, 3.05) is 18.4 Å². The van der Waals surface area contributed by atoms with Crippen LogP contribution in [0.4, 0.5) is 14.5 Å². The fourth-order valence-electron chi connectivity index (χ4n) is 3.04. The molecular formula is C20H15ClF2N2O3. The van der Waals surface area contributed by atoms with Crippen molar-refractivity contribution in [2.45, 2.75) is 12.6 Å². The monoisotopic (exact) mass is 404 g/mol. The molecule has 1 aliphatic rings. The van der Waals surface area contributed by atoms with Gasteiger partial charge in [0, 0.05) is 21.7 Å². The Balaban J connectivity index is 1.48. The lowest BCUT2D eigenvalue weighted by Gasteiger charge is -2.33. The van der Waals surface area contributed by atoms with Crippen molar-refractivity contribution in [3.63, 3.8) is 0 Å². The van der Waals surface area contributed by atoms with Gasteiger partial charge < -0.3 is 14.6 Å². The van der Waals surface area contributed by atoms with Crippen molar-refractivity contribution >= 4 is 40.1 Å². The number of carbonyl (C=O) groups is 2. The molecule has 2 aromatic carbocycles. The predicted molar refractivity (Wildman–Crippen MR) is 101 cm³/mol. The molecule has 4 rings (SSSR count). The van der Waals surface area contributed by atoms with E-state index in [1.807, 2.05) is 0 Å². The highest BCUT2D eigenvalue weighted by molar-refractivity contribution is 6.31. The van der Waals surface area contributed by atoms with Crippen LogP contribution in [0.15, 0.2) is 46.9 Å². The van der Waals surface area contributed by atoms with Crippen LogP contribution in [0.1, 0.15) is 16.1 Å². The van der Waals surface area contributed by atoms with Gasteiger partial charge in [-0.25, -0.2) is 8.78 Å². The second-order valence-electron chi connectivity index (χ2n) is 6.60. The van der Waals surface area contributed by atoms with E-state index in [0.717, 1.165) is 0 Å². The number of halogens is 3. The minimum Gasteiger partial charge on any atom is -0.451 e.